The first kappa shape index (κ1) is 29.6. The molecule has 2 aromatic carbocycles. The van der Waals surface area contributed by atoms with E-state index in [-0.39, 0.29) is 18.7 Å². The Morgan fingerprint density at radius 1 is 0.951 bits per heavy atom. The summed E-state index contributed by atoms with van der Waals surface area (Å²) in [6.07, 6.45) is 1.08. The van der Waals surface area contributed by atoms with Crippen molar-refractivity contribution in [2.45, 2.75) is 56.3 Å². The first-order valence-electron chi connectivity index (χ1n) is 13.7. The smallest absolute Gasteiger partial charge is 0.270 e. The number of piperidine rings is 1. The number of benzene rings is 2. The van der Waals surface area contributed by atoms with Gasteiger partial charge in [-0.05, 0) is 43.5 Å². The van der Waals surface area contributed by atoms with E-state index in [0.29, 0.717) is 18.5 Å². The van der Waals surface area contributed by atoms with Crippen molar-refractivity contribution >= 4 is 34.5 Å². The molecule has 11 nitrogen and oxygen atoms in total. The van der Waals surface area contributed by atoms with Crippen LogP contribution in [0.5, 0.6) is 0 Å². The highest BCUT2D eigenvalue weighted by Crippen LogP contribution is 2.19. The van der Waals surface area contributed by atoms with Crippen molar-refractivity contribution in [3.63, 3.8) is 0 Å². The summed E-state index contributed by atoms with van der Waals surface area (Å²) in [5, 5.41) is 17.5. The Morgan fingerprint density at radius 2 is 1.68 bits per heavy atom. The molecule has 4 atom stereocenters. The number of hydrogen-bond acceptors (Lipinski definition) is 7. The van der Waals surface area contributed by atoms with Crippen LogP contribution in [-0.4, -0.2) is 75.9 Å². The van der Waals surface area contributed by atoms with Crippen molar-refractivity contribution in [2.75, 3.05) is 13.1 Å². The molecule has 0 saturated carbocycles. The van der Waals surface area contributed by atoms with Crippen LogP contribution >= 0.6 is 0 Å². The van der Waals surface area contributed by atoms with E-state index >= 15 is 0 Å². The molecule has 1 aliphatic rings. The lowest BCUT2D eigenvalue weighted by molar-refractivity contribution is -0.128. The summed E-state index contributed by atoms with van der Waals surface area (Å²) >= 11 is 0. The lowest BCUT2D eigenvalue weighted by atomic mass is 9.97. The molecule has 2 heterocycles. The number of para-hydroxylation sites is 1. The number of carbonyl (C=O) groups excluding carboxylic acids is 4. The van der Waals surface area contributed by atoms with Gasteiger partial charge in [-0.3, -0.25) is 24.1 Å². The number of rotatable bonds is 12. The number of amides is 4. The van der Waals surface area contributed by atoms with Crippen LogP contribution in [0, 0.1) is 0 Å². The third-order valence-corrected chi connectivity index (χ3v) is 7.31. The zero-order valence-electron chi connectivity index (χ0n) is 22.7. The van der Waals surface area contributed by atoms with Gasteiger partial charge in [-0.15, -0.1) is 0 Å². The van der Waals surface area contributed by atoms with Crippen molar-refractivity contribution < 1.29 is 24.3 Å². The van der Waals surface area contributed by atoms with Gasteiger partial charge in [-0.1, -0.05) is 61.0 Å². The van der Waals surface area contributed by atoms with Crippen molar-refractivity contribution in [1.82, 2.24) is 20.5 Å². The largest absolute Gasteiger partial charge is 0.390 e. The highest BCUT2D eigenvalue weighted by atomic mass is 16.3. The quantitative estimate of drug-likeness (QED) is 0.215. The molecule has 0 radical (unpaired) electrons. The number of β-amino-alcohol motifs (C(OH)–C–C–N with tert-alkyl or cyclic N) is 1. The number of carbonyl (C=O) groups is 4. The molecule has 0 spiro atoms. The normalized spacial score (nSPS) is 17.7. The summed E-state index contributed by atoms with van der Waals surface area (Å²) in [6.45, 7) is 0.703. The number of nitrogens with two attached hydrogens (primary N) is 2. The number of aliphatic hydroxyl groups excluding tert-OH is 1. The maximum atomic E-state index is 13.5. The zero-order chi connectivity index (χ0) is 29.4. The van der Waals surface area contributed by atoms with Crippen LogP contribution < -0.4 is 22.1 Å². The molecule has 0 aliphatic carbocycles. The van der Waals surface area contributed by atoms with E-state index in [2.05, 4.69) is 15.6 Å². The number of likely N-dealkylation sites (tertiary alicyclic amines) is 1. The number of fused-ring (bicyclic) bond motifs is 1. The molecule has 41 heavy (non-hydrogen) atoms. The summed E-state index contributed by atoms with van der Waals surface area (Å²) in [7, 11) is 0. The van der Waals surface area contributed by atoms with Gasteiger partial charge >= 0.3 is 0 Å². The Labute approximate surface area is 238 Å². The topological polar surface area (TPSA) is 181 Å². The third-order valence-electron chi connectivity index (χ3n) is 7.31. The molecule has 11 heteroatoms. The van der Waals surface area contributed by atoms with Gasteiger partial charge in [-0.2, -0.15) is 0 Å². The highest BCUT2D eigenvalue weighted by Gasteiger charge is 2.33. The number of pyridine rings is 1. The molecule has 3 aromatic rings. The van der Waals surface area contributed by atoms with Gasteiger partial charge in [0.2, 0.25) is 17.7 Å². The van der Waals surface area contributed by atoms with Crippen molar-refractivity contribution in [1.29, 1.82) is 0 Å². The van der Waals surface area contributed by atoms with E-state index < -0.39 is 54.3 Å². The first-order chi connectivity index (χ1) is 19.7. The second-order valence-electron chi connectivity index (χ2n) is 10.4. The molecular weight excluding hydrogens is 524 g/mol. The van der Waals surface area contributed by atoms with Crippen LogP contribution in [0.1, 0.15) is 41.7 Å². The van der Waals surface area contributed by atoms with Crippen LogP contribution in [0.4, 0.5) is 0 Å². The van der Waals surface area contributed by atoms with Crippen LogP contribution in [0.2, 0.25) is 0 Å². The van der Waals surface area contributed by atoms with Crippen LogP contribution in [0.15, 0.2) is 66.7 Å². The van der Waals surface area contributed by atoms with Crippen molar-refractivity contribution in [3.8, 4) is 0 Å². The Hall–Kier alpha value is -4.35. The monoisotopic (exact) mass is 560 g/mol. The van der Waals surface area contributed by atoms with E-state index in [1.165, 1.54) is 6.07 Å². The van der Waals surface area contributed by atoms with Crippen LogP contribution in [0.25, 0.3) is 10.9 Å². The Bertz CT molecular complexity index is 1380. The first-order valence-corrected chi connectivity index (χ1v) is 13.7. The molecule has 1 aliphatic heterocycles. The molecule has 7 N–H and O–H groups in total. The maximum Gasteiger partial charge on any atom is 0.270 e. The minimum Gasteiger partial charge on any atom is -0.390 e. The minimum absolute atomic E-state index is 0.0782. The van der Waals surface area contributed by atoms with Crippen LogP contribution in [0.3, 0.4) is 0 Å². The Kier molecular flexibility index (Phi) is 9.99. The van der Waals surface area contributed by atoms with Crippen LogP contribution in [-0.2, 0) is 20.8 Å². The van der Waals surface area contributed by atoms with Crippen molar-refractivity contribution in [2.24, 2.45) is 11.5 Å². The summed E-state index contributed by atoms with van der Waals surface area (Å²) in [4.78, 5) is 56.6. The summed E-state index contributed by atoms with van der Waals surface area (Å²) < 4.78 is 0. The van der Waals surface area contributed by atoms with E-state index in [1.807, 2.05) is 47.4 Å². The predicted octanol–water partition coefficient (Wildman–Crippen LogP) is 0.637. The maximum absolute atomic E-state index is 13.5. The number of hydrogen-bond donors (Lipinski definition) is 5. The van der Waals surface area contributed by atoms with Gasteiger partial charge in [0.15, 0.2) is 0 Å². The molecule has 4 rings (SSSR count). The van der Waals surface area contributed by atoms with E-state index in [0.717, 1.165) is 23.8 Å². The molecule has 216 valence electrons. The fourth-order valence-corrected chi connectivity index (χ4v) is 5.17. The second kappa shape index (κ2) is 13.8. The molecule has 1 saturated heterocycles. The zero-order valence-corrected chi connectivity index (χ0v) is 22.7. The van der Waals surface area contributed by atoms with Gasteiger partial charge in [0.25, 0.3) is 5.91 Å². The SMILES string of the molecule is NC(=O)C[C@H](NC(=O)c1ccc2ccccc2n1)C(=O)NC(Cc1ccccc1)C(O)CN1CCCC[C@H]1C(N)=O. The van der Waals surface area contributed by atoms with Gasteiger partial charge in [0.05, 0.1) is 30.1 Å². The molecule has 1 fully saturated rings. The lowest BCUT2D eigenvalue weighted by Crippen LogP contribution is -2.57. The summed E-state index contributed by atoms with van der Waals surface area (Å²) in [6, 6.07) is 17.3. The number of nitrogens with one attached hydrogen (secondary N) is 2. The fraction of sp³-hybridized carbons (Fsp3) is 0.367. The number of aromatic nitrogens is 1. The van der Waals surface area contributed by atoms with E-state index in [9.17, 15) is 24.3 Å². The van der Waals surface area contributed by atoms with Gasteiger partial charge < -0.3 is 27.2 Å². The molecule has 1 aromatic heterocycles. The van der Waals surface area contributed by atoms with Gasteiger partial charge in [0.1, 0.15) is 11.7 Å². The van der Waals surface area contributed by atoms with Crippen molar-refractivity contribution in [3.05, 3.63) is 78.0 Å². The fourth-order valence-electron chi connectivity index (χ4n) is 5.17. The van der Waals surface area contributed by atoms with E-state index in [1.54, 1.807) is 18.2 Å². The Balaban J connectivity index is 1.52. The molecule has 4 amide bonds. The summed E-state index contributed by atoms with van der Waals surface area (Å²) in [5.41, 5.74) is 12.6. The number of nitrogens with zero attached hydrogens (tertiary/aromatic N) is 2. The summed E-state index contributed by atoms with van der Waals surface area (Å²) in [5.74, 6) is -2.56. The lowest BCUT2D eigenvalue weighted by Gasteiger charge is -2.37. The van der Waals surface area contributed by atoms with Gasteiger partial charge in [0, 0.05) is 11.9 Å². The average molecular weight is 561 g/mol. The molecule has 2 unspecified atom stereocenters. The standard InChI is InChI=1S/C30H36N6O5/c31-27(38)17-24(35-29(40)22-14-13-20-10-4-5-11-21(20)33-22)30(41)34-23(16-19-8-2-1-3-9-19)26(37)18-36-15-7-6-12-25(36)28(32)39/h1-5,8-11,13-14,23-26,37H,6-7,12,15-18H2,(H2,31,38)(H2,32,39)(H,34,41)(H,35,40)/t23?,24-,25-,26?/m0/s1. The third kappa shape index (κ3) is 8.09. The number of aliphatic hydroxyl groups is 1. The van der Waals surface area contributed by atoms with Gasteiger partial charge in [-0.25, -0.2) is 4.98 Å². The predicted molar refractivity (Wildman–Crippen MR) is 153 cm³/mol. The highest BCUT2D eigenvalue weighted by molar-refractivity contribution is 5.99. The number of primary amides is 2. The molecule has 0 bridgehead atoms. The van der Waals surface area contributed by atoms with E-state index in [4.69, 9.17) is 11.5 Å². The molecular formula is C30H36N6O5. The second-order valence-corrected chi connectivity index (χ2v) is 10.4. The Morgan fingerprint density at radius 3 is 2.41 bits per heavy atom. The minimum atomic E-state index is -1.30. The average Bonchev–Trinajstić information content (AvgIpc) is 2.96.